The van der Waals surface area contributed by atoms with Crippen LogP contribution in [0.5, 0.6) is 0 Å². The summed E-state index contributed by atoms with van der Waals surface area (Å²) >= 11 is 0. The van der Waals surface area contributed by atoms with Gasteiger partial charge in [-0.15, -0.1) is 0 Å². The summed E-state index contributed by atoms with van der Waals surface area (Å²) < 4.78 is 5.00. The first kappa shape index (κ1) is 20.4. The first-order valence-corrected chi connectivity index (χ1v) is 8.35. The zero-order valence-electron chi connectivity index (χ0n) is 15.5. The van der Waals surface area contributed by atoms with E-state index in [-0.39, 0.29) is 22.4 Å². The number of benzene rings is 2. The Morgan fingerprint density at radius 2 is 1.61 bits per heavy atom. The molecule has 0 radical (unpaired) electrons. The van der Waals surface area contributed by atoms with Crippen molar-refractivity contribution in [3.8, 4) is 6.07 Å². The van der Waals surface area contributed by atoms with E-state index in [9.17, 15) is 14.4 Å². The molecule has 2 aromatic carbocycles. The zero-order chi connectivity index (χ0) is 20.7. The summed E-state index contributed by atoms with van der Waals surface area (Å²) in [7, 11) is 1.59. The van der Waals surface area contributed by atoms with Gasteiger partial charge in [-0.05, 0) is 31.2 Å². The quantitative estimate of drug-likeness (QED) is 0.470. The number of nitriles is 1. The van der Waals surface area contributed by atoms with Crippen molar-refractivity contribution in [2.45, 2.75) is 6.92 Å². The Kier molecular flexibility index (Phi) is 6.66. The van der Waals surface area contributed by atoms with Gasteiger partial charge in [-0.2, -0.15) is 5.26 Å². The minimum Gasteiger partial charge on any atom is -0.454 e. The molecule has 0 saturated carbocycles. The van der Waals surface area contributed by atoms with Crippen molar-refractivity contribution >= 4 is 23.3 Å². The molecule has 0 fully saturated rings. The van der Waals surface area contributed by atoms with Gasteiger partial charge in [-0.25, -0.2) is 4.79 Å². The monoisotopic (exact) mass is 377 g/mol. The van der Waals surface area contributed by atoms with Gasteiger partial charge in [0.15, 0.2) is 6.61 Å². The molecular weight excluding hydrogens is 358 g/mol. The molecule has 0 bridgehead atoms. The van der Waals surface area contributed by atoms with Crippen molar-refractivity contribution in [1.82, 2.24) is 0 Å². The largest absolute Gasteiger partial charge is 0.454 e. The Morgan fingerprint density at radius 3 is 2.18 bits per heavy atom. The number of Topliss-reactive ketones (excluding diaryl/α,β-unsaturated/α-hetero) is 1. The first-order valence-electron chi connectivity index (χ1n) is 8.35. The average Bonchev–Trinajstić information content (AvgIpc) is 2.71. The highest BCUT2D eigenvalue weighted by Gasteiger charge is 2.22. The lowest BCUT2D eigenvalue weighted by atomic mass is 10.1. The lowest BCUT2D eigenvalue weighted by Gasteiger charge is -2.18. The van der Waals surface area contributed by atoms with E-state index in [1.54, 1.807) is 49.5 Å². The van der Waals surface area contributed by atoms with Crippen LogP contribution in [0.1, 0.15) is 27.6 Å². The number of carbonyl (C=O) groups excluding carboxylic acids is 3. The molecule has 0 aromatic heterocycles. The van der Waals surface area contributed by atoms with Gasteiger partial charge in [0.2, 0.25) is 5.78 Å². The van der Waals surface area contributed by atoms with E-state index in [0.29, 0.717) is 5.69 Å². The molecule has 7 nitrogen and oxygen atoms in total. The third-order valence-electron chi connectivity index (χ3n) is 3.94. The molecule has 142 valence electrons. The van der Waals surface area contributed by atoms with Gasteiger partial charge in [0.1, 0.15) is 11.6 Å². The molecule has 0 aliphatic rings. The molecule has 0 aliphatic heterocycles. The van der Waals surface area contributed by atoms with E-state index in [0.717, 1.165) is 0 Å². The molecule has 0 aliphatic carbocycles. The Morgan fingerprint density at radius 1 is 1.04 bits per heavy atom. The fourth-order valence-electron chi connectivity index (χ4n) is 2.45. The predicted octanol–water partition coefficient (Wildman–Crippen LogP) is 2.45. The Labute approximate surface area is 162 Å². The van der Waals surface area contributed by atoms with Gasteiger partial charge in [0.05, 0.1) is 11.1 Å². The van der Waals surface area contributed by atoms with Crippen LogP contribution >= 0.6 is 0 Å². The smallest absolute Gasteiger partial charge is 0.339 e. The van der Waals surface area contributed by atoms with Crippen LogP contribution in [0.4, 0.5) is 5.69 Å². The van der Waals surface area contributed by atoms with E-state index < -0.39 is 24.3 Å². The summed E-state index contributed by atoms with van der Waals surface area (Å²) in [6, 6.07) is 16.8. The van der Waals surface area contributed by atoms with Crippen LogP contribution < -0.4 is 10.6 Å². The fraction of sp³-hybridized carbons (Fsp3) is 0.143. The van der Waals surface area contributed by atoms with Crippen LogP contribution in [0.2, 0.25) is 0 Å². The molecule has 2 rings (SSSR count). The number of allylic oxidation sites excluding steroid dienone is 1. The second-order valence-corrected chi connectivity index (χ2v) is 5.91. The molecule has 0 atom stereocenters. The molecule has 0 spiro atoms. The number of nitrogens with zero attached hydrogens (tertiary/aromatic N) is 2. The average molecular weight is 377 g/mol. The summed E-state index contributed by atoms with van der Waals surface area (Å²) in [5.74, 6) is -1.95. The van der Waals surface area contributed by atoms with Crippen LogP contribution in [-0.4, -0.2) is 31.3 Å². The van der Waals surface area contributed by atoms with Crippen molar-refractivity contribution in [2.24, 2.45) is 5.73 Å². The standard InChI is InChI=1S/C21H19N3O4/c1-14(23)18(12-22)19(25)13-28-21(27)17-11-7-6-10-16(17)20(26)24(2)15-8-4-3-5-9-15/h3-11H,13,23H2,1-2H3/b18-14-. The van der Waals surface area contributed by atoms with Crippen LogP contribution in [0.15, 0.2) is 65.9 Å². The van der Waals surface area contributed by atoms with Crippen molar-refractivity contribution < 1.29 is 19.1 Å². The third-order valence-corrected chi connectivity index (χ3v) is 3.94. The highest BCUT2D eigenvalue weighted by Crippen LogP contribution is 2.18. The number of esters is 1. The second kappa shape index (κ2) is 9.14. The highest BCUT2D eigenvalue weighted by atomic mass is 16.5. The summed E-state index contributed by atoms with van der Waals surface area (Å²) in [6.45, 7) is 0.763. The maximum absolute atomic E-state index is 12.8. The molecule has 0 unspecified atom stereocenters. The summed E-state index contributed by atoms with van der Waals surface area (Å²) in [5.41, 5.74) is 6.07. The first-order chi connectivity index (χ1) is 13.4. The number of para-hydroxylation sites is 1. The predicted molar refractivity (Wildman–Crippen MR) is 103 cm³/mol. The number of hydrogen-bond donors (Lipinski definition) is 1. The van der Waals surface area contributed by atoms with Crippen molar-refractivity contribution in [1.29, 1.82) is 5.26 Å². The van der Waals surface area contributed by atoms with Crippen molar-refractivity contribution in [3.63, 3.8) is 0 Å². The number of ketones is 1. The Balaban J connectivity index is 2.21. The van der Waals surface area contributed by atoms with Gasteiger partial charge >= 0.3 is 5.97 Å². The van der Waals surface area contributed by atoms with E-state index in [1.165, 1.54) is 24.0 Å². The van der Waals surface area contributed by atoms with Gasteiger partial charge in [-0.3, -0.25) is 9.59 Å². The number of amides is 1. The van der Waals surface area contributed by atoms with Gasteiger partial charge < -0.3 is 15.4 Å². The van der Waals surface area contributed by atoms with Crippen LogP contribution in [-0.2, 0) is 9.53 Å². The number of hydrogen-bond acceptors (Lipinski definition) is 6. The number of carbonyl (C=O) groups is 3. The van der Waals surface area contributed by atoms with Gasteiger partial charge in [0.25, 0.3) is 5.91 Å². The van der Waals surface area contributed by atoms with Crippen molar-refractivity contribution in [2.75, 3.05) is 18.6 Å². The number of rotatable bonds is 6. The van der Waals surface area contributed by atoms with Gasteiger partial charge in [0, 0.05) is 18.4 Å². The molecule has 2 N–H and O–H groups in total. The zero-order valence-corrected chi connectivity index (χ0v) is 15.5. The minimum absolute atomic E-state index is 0.0232. The van der Waals surface area contributed by atoms with E-state index in [1.807, 2.05) is 6.07 Å². The van der Waals surface area contributed by atoms with E-state index in [4.69, 9.17) is 15.7 Å². The minimum atomic E-state index is -0.842. The molecular formula is C21H19N3O4. The molecule has 28 heavy (non-hydrogen) atoms. The molecule has 2 aromatic rings. The fourth-order valence-corrected chi connectivity index (χ4v) is 2.45. The lowest BCUT2D eigenvalue weighted by molar-refractivity contribution is -0.118. The molecule has 7 heteroatoms. The number of ether oxygens (including phenoxy) is 1. The molecule has 0 saturated heterocycles. The molecule has 1 amide bonds. The SMILES string of the molecule is C/C(N)=C(\C#N)C(=O)COC(=O)c1ccccc1C(=O)N(C)c1ccccc1. The lowest BCUT2D eigenvalue weighted by Crippen LogP contribution is -2.28. The molecule has 0 heterocycles. The Hall–Kier alpha value is -3.92. The number of anilines is 1. The van der Waals surface area contributed by atoms with Crippen LogP contribution in [0, 0.1) is 11.3 Å². The maximum atomic E-state index is 12.8. The topological polar surface area (TPSA) is 113 Å². The third kappa shape index (κ3) is 4.62. The van der Waals surface area contributed by atoms with Gasteiger partial charge in [-0.1, -0.05) is 30.3 Å². The van der Waals surface area contributed by atoms with Crippen LogP contribution in [0.3, 0.4) is 0 Å². The second-order valence-electron chi connectivity index (χ2n) is 5.91. The van der Waals surface area contributed by atoms with Crippen molar-refractivity contribution in [3.05, 3.63) is 77.0 Å². The normalized spacial score (nSPS) is 11.0. The summed E-state index contributed by atoms with van der Waals surface area (Å²) in [4.78, 5) is 38.6. The van der Waals surface area contributed by atoms with Crippen LogP contribution in [0.25, 0.3) is 0 Å². The Bertz CT molecular complexity index is 971. The summed E-state index contributed by atoms with van der Waals surface area (Å²) in [5, 5.41) is 8.94. The van der Waals surface area contributed by atoms with E-state index in [2.05, 4.69) is 0 Å². The number of nitrogens with two attached hydrogens (primary N) is 1. The van der Waals surface area contributed by atoms with E-state index >= 15 is 0 Å². The summed E-state index contributed by atoms with van der Waals surface area (Å²) in [6.07, 6.45) is 0. The highest BCUT2D eigenvalue weighted by molar-refractivity contribution is 6.12. The maximum Gasteiger partial charge on any atom is 0.339 e.